The topological polar surface area (TPSA) is 83.6 Å². The standard InChI is InChI=1S/C8H18N2O3S/c1-10(5-8(11)4-9)7-2-3-14(12,13)6-7/h7-8,11H,2-6,9H2,1H3. The van der Waals surface area contributed by atoms with Gasteiger partial charge in [-0.25, -0.2) is 8.42 Å². The molecule has 1 heterocycles. The van der Waals surface area contributed by atoms with E-state index < -0.39 is 15.9 Å². The summed E-state index contributed by atoms with van der Waals surface area (Å²) in [5.74, 6) is 0.474. The number of hydrogen-bond acceptors (Lipinski definition) is 5. The highest BCUT2D eigenvalue weighted by Crippen LogP contribution is 2.16. The third-order valence-electron chi connectivity index (χ3n) is 2.60. The molecule has 6 heteroatoms. The summed E-state index contributed by atoms with van der Waals surface area (Å²) in [5.41, 5.74) is 5.28. The fraction of sp³-hybridized carbons (Fsp3) is 1.00. The van der Waals surface area contributed by atoms with E-state index in [1.807, 2.05) is 11.9 Å². The molecule has 0 radical (unpaired) electrons. The summed E-state index contributed by atoms with van der Waals surface area (Å²) in [6.07, 6.45) is 0.0964. The van der Waals surface area contributed by atoms with Crippen molar-refractivity contribution in [2.75, 3.05) is 31.6 Å². The van der Waals surface area contributed by atoms with Crippen molar-refractivity contribution < 1.29 is 13.5 Å². The van der Waals surface area contributed by atoms with Crippen LogP contribution < -0.4 is 5.73 Å². The summed E-state index contributed by atoms with van der Waals surface area (Å²) in [7, 11) is -1.01. The molecule has 5 nitrogen and oxygen atoms in total. The second-order valence-electron chi connectivity index (χ2n) is 3.89. The van der Waals surface area contributed by atoms with Gasteiger partial charge in [-0.05, 0) is 13.5 Å². The fourth-order valence-electron chi connectivity index (χ4n) is 1.68. The maximum atomic E-state index is 11.2. The van der Waals surface area contributed by atoms with Crippen LogP contribution in [0.25, 0.3) is 0 Å². The molecule has 2 unspecified atom stereocenters. The van der Waals surface area contributed by atoms with Crippen LogP contribution in [-0.2, 0) is 9.84 Å². The molecule has 0 saturated carbocycles. The lowest BCUT2D eigenvalue weighted by atomic mass is 10.2. The Bertz CT molecular complexity index is 278. The van der Waals surface area contributed by atoms with Crippen LogP contribution in [0.1, 0.15) is 6.42 Å². The first-order chi connectivity index (χ1) is 6.44. The van der Waals surface area contributed by atoms with Crippen LogP contribution >= 0.6 is 0 Å². The first kappa shape index (κ1) is 11.9. The molecule has 0 bridgehead atoms. The molecular weight excluding hydrogens is 204 g/mol. The van der Waals surface area contributed by atoms with Crippen LogP contribution in [-0.4, -0.2) is 62.2 Å². The van der Waals surface area contributed by atoms with Gasteiger partial charge < -0.3 is 10.8 Å². The Morgan fingerprint density at radius 3 is 2.71 bits per heavy atom. The summed E-state index contributed by atoms with van der Waals surface area (Å²) in [6, 6.07) is 0.0428. The SMILES string of the molecule is CN(CC(O)CN)C1CCS(=O)(=O)C1. The number of nitrogens with zero attached hydrogens (tertiary/aromatic N) is 1. The number of nitrogens with two attached hydrogens (primary N) is 1. The number of aliphatic hydroxyl groups excluding tert-OH is 1. The highest BCUT2D eigenvalue weighted by atomic mass is 32.2. The van der Waals surface area contributed by atoms with E-state index in [0.29, 0.717) is 13.0 Å². The van der Waals surface area contributed by atoms with Gasteiger partial charge in [0, 0.05) is 19.1 Å². The van der Waals surface area contributed by atoms with Crippen molar-refractivity contribution in [1.29, 1.82) is 0 Å². The molecule has 1 aliphatic heterocycles. The molecule has 0 spiro atoms. The van der Waals surface area contributed by atoms with E-state index in [2.05, 4.69) is 0 Å². The average Bonchev–Trinajstić information content (AvgIpc) is 2.46. The highest BCUT2D eigenvalue weighted by Gasteiger charge is 2.30. The van der Waals surface area contributed by atoms with Crippen molar-refractivity contribution in [3.8, 4) is 0 Å². The molecule has 0 aromatic rings. The predicted molar refractivity (Wildman–Crippen MR) is 54.8 cm³/mol. The highest BCUT2D eigenvalue weighted by molar-refractivity contribution is 7.91. The minimum Gasteiger partial charge on any atom is -0.390 e. The minimum absolute atomic E-state index is 0.0428. The normalized spacial score (nSPS) is 28.1. The van der Waals surface area contributed by atoms with Crippen LogP contribution in [0.5, 0.6) is 0 Å². The Kier molecular flexibility index (Phi) is 3.88. The van der Waals surface area contributed by atoms with E-state index in [-0.39, 0.29) is 24.1 Å². The van der Waals surface area contributed by atoms with Gasteiger partial charge in [0.2, 0.25) is 0 Å². The van der Waals surface area contributed by atoms with E-state index >= 15 is 0 Å². The Balaban J connectivity index is 2.43. The second-order valence-corrected chi connectivity index (χ2v) is 6.11. The summed E-state index contributed by atoms with van der Waals surface area (Å²) < 4.78 is 22.4. The molecule has 1 aliphatic rings. The molecule has 14 heavy (non-hydrogen) atoms. The second kappa shape index (κ2) is 4.57. The van der Waals surface area contributed by atoms with Gasteiger partial charge in [0.05, 0.1) is 17.6 Å². The molecular formula is C8H18N2O3S. The zero-order valence-electron chi connectivity index (χ0n) is 8.39. The average molecular weight is 222 g/mol. The van der Waals surface area contributed by atoms with Crippen LogP contribution in [0, 0.1) is 0 Å². The summed E-state index contributed by atoms with van der Waals surface area (Å²) >= 11 is 0. The van der Waals surface area contributed by atoms with Crippen molar-refractivity contribution in [2.45, 2.75) is 18.6 Å². The molecule has 0 amide bonds. The van der Waals surface area contributed by atoms with Crippen LogP contribution in [0.15, 0.2) is 0 Å². The van der Waals surface area contributed by atoms with Crippen molar-refractivity contribution in [1.82, 2.24) is 4.90 Å². The van der Waals surface area contributed by atoms with Crippen molar-refractivity contribution in [3.63, 3.8) is 0 Å². The number of sulfone groups is 1. The lowest BCUT2D eigenvalue weighted by Crippen LogP contribution is -2.40. The van der Waals surface area contributed by atoms with E-state index in [1.165, 1.54) is 0 Å². The van der Waals surface area contributed by atoms with Gasteiger partial charge in [0.15, 0.2) is 9.84 Å². The molecule has 3 N–H and O–H groups in total. The van der Waals surface area contributed by atoms with Crippen molar-refractivity contribution in [3.05, 3.63) is 0 Å². The lowest BCUT2D eigenvalue weighted by Gasteiger charge is -2.24. The smallest absolute Gasteiger partial charge is 0.151 e. The van der Waals surface area contributed by atoms with Gasteiger partial charge in [-0.15, -0.1) is 0 Å². The summed E-state index contributed by atoms with van der Waals surface area (Å²) in [5, 5.41) is 9.30. The van der Waals surface area contributed by atoms with Crippen LogP contribution in [0.3, 0.4) is 0 Å². The fourth-order valence-corrected chi connectivity index (χ4v) is 3.48. The molecule has 0 aliphatic carbocycles. The summed E-state index contributed by atoms with van der Waals surface area (Å²) in [6.45, 7) is 0.653. The Hall–Kier alpha value is -0.170. The molecule has 84 valence electrons. The third-order valence-corrected chi connectivity index (χ3v) is 4.35. The first-order valence-corrected chi connectivity index (χ1v) is 6.55. The maximum Gasteiger partial charge on any atom is 0.151 e. The Labute approximate surface area is 84.8 Å². The zero-order chi connectivity index (χ0) is 10.8. The number of aliphatic hydroxyl groups is 1. The van der Waals surface area contributed by atoms with Gasteiger partial charge in [-0.3, -0.25) is 4.90 Å². The molecule has 2 atom stereocenters. The molecule has 1 fully saturated rings. The van der Waals surface area contributed by atoms with Gasteiger partial charge in [0.1, 0.15) is 0 Å². The van der Waals surface area contributed by atoms with Gasteiger partial charge in [0.25, 0.3) is 0 Å². The molecule has 1 saturated heterocycles. The third kappa shape index (κ3) is 3.20. The Morgan fingerprint density at radius 1 is 1.64 bits per heavy atom. The number of rotatable bonds is 4. The lowest BCUT2D eigenvalue weighted by molar-refractivity contribution is 0.115. The zero-order valence-corrected chi connectivity index (χ0v) is 9.20. The maximum absolute atomic E-state index is 11.2. The number of likely N-dealkylation sites (N-methyl/N-ethyl adjacent to an activating group) is 1. The van der Waals surface area contributed by atoms with Gasteiger partial charge in [-0.2, -0.15) is 0 Å². The van der Waals surface area contributed by atoms with E-state index in [4.69, 9.17) is 5.73 Å². The number of hydrogen-bond donors (Lipinski definition) is 2. The molecule has 0 aromatic carbocycles. The van der Waals surface area contributed by atoms with Crippen LogP contribution in [0.4, 0.5) is 0 Å². The monoisotopic (exact) mass is 222 g/mol. The van der Waals surface area contributed by atoms with Crippen LogP contribution in [0.2, 0.25) is 0 Å². The van der Waals surface area contributed by atoms with E-state index in [0.717, 1.165) is 0 Å². The first-order valence-electron chi connectivity index (χ1n) is 4.73. The van der Waals surface area contributed by atoms with E-state index in [1.54, 1.807) is 0 Å². The molecule has 1 rings (SSSR count). The predicted octanol–water partition coefficient (Wildman–Crippen LogP) is -1.58. The van der Waals surface area contributed by atoms with Gasteiger partial charge >= 0.3 is 0 Å². The van der Waals surface area contributed by atoms with Crippen molar-refractivity contribution in [2.24, 2.45) is 5.73 Å². The Morgan fingerprint density at radius 2 is 2.29 bits per heavy atom. The van der Waals surface area contributed by atoms with Gasteiger partial charge in [-0.1, -0.05) is 0 Å². The van der Waals surface area contributed by atoms with E-state index in [9.17, 15) is 13.5 Å². The quantitative estimate of drug-likeness (QED) is 0.600. The van der Waals surface area contributed by atoms with Crippen molar-refractivity contribution >= 4 is 9.84 Å². The largest absolute Gasteiger partial charge is 0.390 e. The summed E-state index contributed by atoms with van der Waals surface area (Å²) in [4.78, 5) is 1.88. The minimum atomic E-state index is -2.84. The molecule has 0 aromatic heterocycles.